The predicted molar refractivity (Wildman–Crippen MR) is 184 cm³/mol. The van der Waals surface area contributed by atoms with E-state index < -0.39 is 0 Å². The van der Waals surface area contributed by atoms with Gasteiger partial charge in [0.25, 0.3) is 0 Å². The summed E-state index contributed by atoms with van der Waals surface area (Å²) >= 11 is 0. The second-order valence-electron chi connectivity index (χ2n) is 11.3. The lowest BCUT2D eigenvalue weighted by Gasteiger charge is -2.11. The number of fused-ring (bicyclic) bond motifs is 6. The van der Waals surface area contributed by atoms with Crippen LogP contribution in [0.3, 0.4) is 0 Å². The van der Waals surface area contributed by atoms with Gasteiger partial charge in [0.15, 0.2) is 0 Å². The fraction of sp³-hybridized carbons (Fsp3) is 0. The zero-order valence-corrected chi connectivity index (χ0v) is 23.9. The Balaban J connectivity index is 1.23. The van der Waals surface area contributed by atoms with Crippen molar-refractivity contribution in [1.29, 1.82) is 0 Å². The van der Waals surface area contributed by atoms with Gasteiger partial charge >= 0.3 is 0 Å². The molecule has 9 rings (SSSR count). The molecule has 0 atom stereocenters. The van der Waals surface area contributed by atoms with Crippen molar-refractivity contribution in [2.75, 3.05) is 0 Å². The molecule has 0 aliphatic heterocycles. The summed E-state index contributed by atoms with van der Waals surface area (Å²) in [4.78, 5) is 4.47. The highest BCUT2D eigenvalue weighted by molar-refractivity contribution is 6.12. The Hall–Kier alpha value is -5.93. The number of pyridine rings is 1. The van der Waals surface area contributed by atoms with E-state index in [9.17, 15) is 0 Å². The van der Waals surface area contributed by atoms with E-state index in [1.54, 1.807) is 0 Å². The number of benzene rings is 6. The SMILES string of the molecule is c1ccc(-c2ccc(-n3c4ccccc4c4ccc(-c5ccc6c(c5)c5ccncc5n6-c5ccccc5)cc43)cc2)cc1. The fourth-order valence-electron chi connectivity index (χ4n) is 6.77. The van der Waals surface area contributed by atoms with E-state index in [4.69, 9.17) is 0 Å². The first-order valence-electron chi connectivity index (χ1n) is 15.0. The maximum absolute atomic E-state index is 4.47. The molecule has 0 radical (unpaired) electrons. The van der Waals surface area contributed by atoms with Crippen LogP contribution in [0.15, 0.2) is 164 Å². The molecule has 0 saturated heterocycles. The summed E-state index contributed by atoms with van der Waals surface area (Å²) in [5, 5.41) is 4.94. The third kappa shape index (κ3) is 3.80. The maximum atomic E-state index is 4.47. The smallest absolute Gasteiger partial charge is 0.0724 e. The molecule has 44 heavy (non-hydrogen) atoms. The number of hydrogen-bond donors (Lipinski definition) is 0. The van der Waals surface area contributed by atoms with E-state index in [2.05, 4.69) is 166 Å². The van der Waals surface area contributed by atoms with Gasteiger partial charge in [0.1, 0.15) is 0 Å². The van der Waals surface area contributed by atoms with Crippen LogP contribution in [0.25, 0.3) is 77.2 Å². The fourth-order valence-corrected chi connectivity index (χ4v) is 6.77. The molecule has 0 amide bonds. The van der Waals surface area contributed by atoms with Gasteiger partial charge in [-0.15, -0.1) is 0 Å². The van der Waals surface area contributed by atoms with Crippen molar-refractivity contribution in [3.63, 3.8) is 0 Å². The first kappa shape index (κ1) is 24.6. The van der Waals surface area contributed by atoms with Crippen molar-refractivity contribution in [2.45, 2.75) is 0 Å². The Kier molecular flexibility index (Phi) is 5.50. The average Bonchev–Trinajstić information content (AvgIpc) is 3.61. The molecule has 0 aliphatic carbocycles. The molecule has 3 aromatic heterocycles. The van der Waals surface area contributed by atoms with Gasteiger partial charge in [-0.05, 0) is 76.9 Å². The molecular weight excluding hydrogens is 534 g/mol. The van der Waals surface area contributed by atoms with Crippen LogP contribution in [-0.2, 0) is 0 Å². The molecule has 0 aliphatic rings. The highest BCUT2D eigenvalue weighted by atomic mass is 15.0. The normalized spacial score (nSPS) is 11.6. The molecule has 0 saturated carbocycles. The van der Waals surface area contributed by atoms with Gasteiger partial charge < -0.3 is 9.13 Å². The Labute approximate surface area is 254 Å². The quantitative estimate of drug-likeness (QED) is 0.210. The van der Waals surface area contributed by atoms with Crippen molar-refractivity contribution in [3.8, 4) is 33.6 Å². The highest BCUT2D eigenvalue weighted by Crippen LogP contribution is 2.38. The molecule has 3 heterocycles. The minimum absolute atomic E-state index is 1.11. The number of para-hydroxylation sites is 2. The summed E-state index contributed by atoms with van der Waals surface area (Å²) in [5.74, 6) is 0. The van der Waals surface area contributed by atoms with E-state index in [0.29, 0.717) is 0 Å². The van der Waals surface area contributed by atoms with Crippen molar-refractivity contribution < 1.29 is 0 Å². The predicted octanol–water partition coefficient (Wildman–Crippen LogP) is 10.6. The molecule has 6 aromatic carbocycles. The van der Waals surface area contributed by atoms with Gasteiger partial charge in [-0.25, -0.2) is 0 Å². The van der Waals surface area contributed by atoms with Crippen molar-refractivity contribution in [3.05, 3.63) is 164 Å². The lowest BCUT2D eigenvalue weighted by atomic mass is 10.0. The van der Waals surface area contributed by atoms with E-state index in [0.717, 1.165) is 16.9 Å². The van der Waals surface area contributed by atoms with Crippen LogP contribution in [0.4, 0.5) is 0 Å². The summed E-state index contributed by atoms with van der Waals surface area (Å²) in [6.45, 7) is 0. The van der Waals surface area contributed by atoms with Gasteiger partial charge in [0.05, 0.1) is 28.3 Å². The van der Waals surface area contributed by atoms with Crippen LogP contribution in [0.5, 0.6) is 0 Å². The van der Waals surface area contributed by atoms with E-state index in [1.807, 2.05) is 12.4 Å². The maximum Gasteiger partial charge on any atom is 0.0724 e. The monoisotopic (exact) mass is 561 g/mol. The summed E-state index contributed by atoms with van der Waals surface area (Å²) in [6.07, 6.45) is 3.85. The van der Waals surface area contributed by atoms with Gasteiger partial charge in [-0.3, -0.25) is 4.98 Å². The topological polar surface area (TPSA) is 22.8 Å². The molecule has 0 spiro atoms. The van der Waals surface area contributed by atoms with Crippen molar-refractivity contribution in [1.82, 2.24) is 14.1 Å². The second-order valence-corrected chi connectivity index (χ2v) is 11.3. The Morgan fingerprint density at radius 2 is 0.909 bits per heavy atom. The van der Waals surface area contributed by atoms with Crippen LogP contribution < -0.4 is 0 Å². The van der Waals surface area contributed by atoms with Crippen LogP contribution in [0, 0.1) is 0 Å². The molecule has 206 valence electrons. The van der Waals surface area contributed by atoms with Crippen LogP contribution in [0.1, 0.15) is 0 Å². The molecule has 0 fully saturated rings. The van der Waals surface area contributed by atoms with Gasteiger partial charge in [-0.1, -0.05) is 97.1 Å². The van der Waals surface area contributed by atoms with E-state index in [-0.39, 0.29) is 0 Å². The summed E-state index contributed by atoms with van der Waals surface area (Å²) < 4.78 is 4.70. The molecule has 0 N–H and O–H groups in total. The van der Waals surface area contributed by atoms with Gasteiger partial charge in [0, 0.05) is 39.1 Å². The summed E-state index contributed by atoms with van der Waals surface area (Å²) in [7, 11) is 0. The standard InChI is InChI=1S/C41H27N3/c1-3-9-28(10-4-1)29-15-19-33(20-16-29)43-38-14-8-7-13-34(38)35-21-17-31(26-40(35)43)30-18-22-39-37(25-30)36-23-24-42-27-41(36)44(39)32-11-5-2-6-12-32/h1-27H. The third-order valence-electron chi connectivity index (χ3n) is 8.82. The third-order valence-corrected chi connectivity index (χ3v) is 8.82. The number of rotatable bonds is 4. The van der Waals surface area contributed by atoms with E-state index >= 15 is 0 Å². The van der Waals surface area contributed by atoms with Crippen LogP contribution in [0.2, 0.25) is 0 Å². The molecule has 0 bridgehead atoms. The second kappa shape index (κ2) is 9.82. The summed E-state index contributed by atoms with van der Waals surface area (Å²) in [6, 6.07) is 54.5. The van der Waals surface area contributed by atoms with E-state index in [1.165, 1.54) is 60.3 Å². The highest BCUT2D eigenvalue weighted by Gasteiger charge is 2.16. The molecule has 9 aromatic rings. The zero-order valence-electron chi connectivity index (χ0n) is 23.9. The largest absolute Gasteiger partial charge is 0.309 e. The van der Waals surface area contributed by atoms with Crippen molar-refractivity contribution >= 4 is 43.6 Å². The van der Waals surface area contributed by atoms with Gasteiger partial charge in [0.2, 0.25) is 0 Å². The first-order valence-corrected chi connectivity index (χ1v) is 15.0. The first-order chi connectivity index (χ1) is 21.8. The Bertz CT molecular complexity index is 2470. The summed E-state index contributed by atoms with van der Waals surface area (Å²) in [5.41, 5.74) is 11.8. The molecular formula is C41H27N3. The van der Waals surface area contributed by atoms with Gasteiger partial charge in [-0.2, -0.15) is 0 Å². The minimum atomic E-state index is 1.11. The molecule has 0 unspecified atom stereocenters. The van der Waals surface area contributed by atoms with Crippen molar-refractivity contribution in [2.24, 2.45) is 0 Å². The lowest BCUT2D eigenvalue weighted by molar-refractivity contribution is 1.17. The van der Waals surface area contributed by atoms with Crippen LogP contribution in [-0.4, -0.2) is 14.1 Å². The number of hydrogen-bond acceptors (Lipinski definition) is 1. The zero-order chi connectivity index (χ0) is 29.0. The average molecular weight is 562 g/mol. The molecule has 3 heteroatoms. The van der Waals surface area contributed by atoms with Crippen LogP contribution >= 0.6 is 0 Å². The minimum Gasteiger partial charge on any atom is -0.309 e. The number of aromatic nitrogens is 3. The number of nitrogens with zero attached hydrogens (tertiary/aromatic N) is 3. The Morgan fingerprint density at radius 1 is 0.341 bits per heavy atom. The Morgan fingerprint density at radius 3 is 1.75 bits per heavy atom. The lowest BCUT2D eigenvalue weighted by Crippen LogP contribution is -1.94. The molecule has 3 nitrogen and oxygen atoms in total.